The molecule has 6 heteroatoms. The number of allylic oxidation sites excluding steroid dienone is 16. The lowest BCUT2D eigenvalue weighted by atomic mass is 10.1. The third-order valence-corrected chi connectivity index (χ3v) is 8.60. The predicted octanol–water partition coefficient (Wildman–Crippen LogP) is 13.9. The lowest BCUT2D eigenvalue weighted by Gasteiger charge is -2.18. The molecule has 0 rings (SSSR count). The molecule has 55 heavy (non-hydrogen) atoms. The zero-order valence-electron chi connectivity index (χ0n) is 35.1. The molecule has 0 heterocycles. The van der Waals surface area contributed by atoms with E-state index in [1.165, 1.54) is 38.5 Å². The molecule has 0 radical (unpaired) electrons. The van der Waals surface area contributed by atoms with Gasteiger partial charge in [0.1, 0.15) is 13.2 Å². The van der Waals surface area contributed by atoms with Crippen molar-refractivity contribution < 1.29 is 28.6 Å². The first kappa shape index (κ1) is 51.3. The quantitative estimate of drug-likeness (QED) is 0.0271. The molecule has 0 bridgehead atoms. The van der Waals surface area contributed by atoms with Crippen molar-refractivity contribution in [3.8, 4) is 0 Å². The smallest absolute Gasteiger partial charge is 0.306 e. The van der Waals surface area contributed by atoms with E-state index in [-0.39, 0.29) is 44.0 Å². The predicted molar refractivity (Wildman–Crippen MR) is 233 cm³/mol. The Hall–Kier alpha value is -3.67. The fraction of sp³-hybridized carbons (Fsp3) is 0.612. The number of carbonyl (C=O) groups excluding carboxylic acids is 3. The van der Waals surface area contributed by atoms with Crippen molar-refractivity contribution in [1.29, 1.82) is 0 Å². The average Bonchev–Trinajstić information content (AvgIpc) is 3.18. The standard InChI is InChI=1S/C49H78O6/c1-4-7-10-13-16-19-20-21-22-23-24-25-26-27-28-31-33-36-39-42-48(51)54-45-46(55-49(52)43-40-37-34-30-18-15-12-9-6-3)44-53-47(50)41-38-35-32-29-17-14-11-8-5-2/h7,9-10,12,16,18-19,21-22,24-25,27-28,30,33,36,46H,4-6,8,11,13-15,17,20,23,26,29,31-32,34-35,37-45H2,1-3H3/b10-7-,12-9-,19-16-,22-21-,25-24-,28-27-,30-18-,36-33-. The Kier molecular flexibility index (Phi) is 40.2. The van der Waals surface area contributed by atoms with Crippen molar-refractivity contribution in [2.75, 3.05) is 13.2 Å². The van der Waals surface area contributed by atoms with Crippen LogP contribution in [0.1, 0.15) is 175 Å². The molecule has 0 amide bonds. The van der Waals surface area contributed by atoms with Gasteiger partial charge >= 0.3 is 17.9 Å². The maximum atomic E-state index is 12.6. The molecule has 1 unspecified atom stereocenters. The highest BCUT2D eigenvalue weighted by atomic mass is 16.6. The number of hydrogen-bond donors (Lipinski definition) is 0. The highest BCUT2D eigenvalue weighted by Crippen LogP contribution is 2.12. The van der Waals surface area contributed by atoms with E-state index in [1.807, 2.05) is 12.2 Å². The van der Waals surface area contributed by atoms with Crippen LogP contribution in [0.4, 0.5) is 0 Å². The number of hydrogen-bond acceptors (Lipinski definition) is 6. The molecule has 0 spiro atoms. The number of unbranched alkanes of at least 4 members (excludes halogenated alkanes) is 10. The van der Waals surface area contributed by atoms with E-state index in [1.54, 1.807) is 0 Å². The molecule has 0 aliphatic heterocycles. The third-order valence-electron chi connectivity index (χ3n) is 8.60. The van der Waals surface area contributed by atoms with E-state index in [4.69, 9.17) is 14.2 Å². The molecule has 0 fully saturated rings. The molecule has 0 aromatic heterocycles. The Bertz CT molecular complexity index is 1150. The zero-order chi connectivity index (χ0) is 40.1. The number of ether oxygens (including phenoxy) is 3. The molecule has 310 valence electrons. The summed E-state index contributed by atoms with van der Waals surface area (Å²) in [5, 5.41) is 0. The average molecular weight is 763 g/mol. The van der Waals surface area contributed by atoms with E-state index < -0.39 is 6.10 Å². The second-order valence-electron chi connectivity index (χ2n) is 13.8. The maximum Gasteiger partial charge on any atom is 0.306 e. The van der Waals surface area contributed by atoms with Gasteiger partial charge in [-0.25, -0.2) is 0 Å². The fourth-order valence-electron chi connectivity index (χ4n) is 5.38. The molecule has 0 aliphatic carbocycles. The second-order valence-corrected chi connectivity index (χ2v) is 13.8. The van der Waals surface area contributed by atoms with Crippen LogP contribution in [-0.4, -0.2) is 37.2 Å². The van der Waals surface area contributed by atoms with Gasteiger partial charge in [0.05, 0.1) is 0 Å². The van der Waals surface area contributed by atoms with Crippen LogP contribution in [0.5, 0.6) is 0 Å². The Morgan fingerprint density at radius 3 is 1.22 bits per heavy atom. The van der Waals surface area contributed by atoms with Crippen LogP contribution >= 0.6 is 0 Å². The molecule has 0 aromatic rings. The van der Waals surface area contributed by atoms with Crippen LogP contribution in [-0.2, 0) is 28.6 Å². The van der Waals surface area contributed by atoms with Gasteiger partial charge < -0.3 is 14.2 Å². The van der Waals surface area contributed by atoms with Crippen molar-refractivity contribution in [2.45, 2.75) is 181 Å². The van der Waals surface area contributed by atoms with Gasteiger partial charge in [-0.15, -0.1) is 0 Å². The molecule has 1 atom stereocenters. The first-order chi connectivity index (χ1) is 27.0. The van der Waals surface area contributed by atoms with E-state index in [0.29, 0.717) is 19.3 Å². The topological polar surface area (TPSA) is 78.9 Å². The van der Waals surface area contributed by atoms with E-state index in [0.717, 1.165) is 83.5 Å². The van der Waals surface area contributed by atoms with Gasteiger partial charge in [-0.3, -0.25) is 14.4 Å². The fourth-order valence-corrected chi connectivity index (χ4v) is 5.38. The molecule has 6 nitrogen and oxygen atoms in total. The highest BCUT2D eigenvalue weighted by molar-refractivity contribution is 5.71. The SMILES string of the molecule is CC/C=C\C/C=C\C/C=C\C/C=C\C/C=C\C/C=C\CCC(=O)OCC(COC(=O)CCCCCCCCCCC)OC(=O)CCCC/C=C\C/C=C\CC. The zero-order valence-corrected chi connectivity index (χ0v) is 35.1. The summed E-state index contributed by atoms with van der Waals surface area (Å²) in [6, 6.07) is 0. The molecule has 0 saturated heterocycles. The minimum atomic E-state index is -0.820. The molecular weight excluding hydrogens is 685 g/mol. The van der Waals surface area contributed by atoms with Crippen LogP contribution < -0.4 is 0 Å². The molecule has 0 N–H and O–H groups in total. The van der Waals surface area contributed by atoms with Gasteiger partial charge in [0, 0.05) is 19.3 Å². The Labute approximate surface area is 337 Å². The highest BCUT2D eigenvalue weighted by Gasteiger charge is 2.19. The largest absolute Gasteiger partial charge is 0.462 e. The van der Waals surface area contributed by atoms with Crippen molar-refractivity contribution in [1.82, 2.24) is 0 Å². The number of esters is 3. The van der Waals surface area contributed by atoms with Crippen LogP contribution in [0.15, 0.2) is 97.2 Å². The van der Waals surface area contributed by atoms with Gasteiger partial charge in [0.25, 0.3) is 0 Å². The normalized spacial score (nSPS) is 13.0. The van der Waals surface area contributed by atoms with E-state index in [9.17, 15) is 14.4 Å². The summed E-state index contributed by atoms with van der Waals surface area (Å²) in [5.74, 6) is -1.06. The number of rotatable bonds is 37. The summed E-state index contributed by atoms with van der Waals surface area (Å²) in [6.45, 7) is 6.24. The first-order valence-corrected chi connectivity index (χ1v) is 21.7. The van der Waals surface area contributed by atoms with Crippen LogP contribution in [0.3, 0.4) is 0 Å². The summed E-state index contributed by atoms with van der Waals surface area (Å²) in [5.41, 5.74) is 0. The lowest BCUT2D eigenvalue weighted by molar-refractivity contribution is -0.166. The summed E-state index contributed by atoms with van der Waals surface area (Å²) >= 11 is 0. The van der Waals surface area contributed by atoms with Crippen molar-refractivity contribution in [3.63, 3.8) is 0 Å². The van der Waals surface area contributed by atoms with Gasteiger partial charge in [-0.1, -0.05) is 169 Å². The summed E-state index contributed by atoms with van der Waals surface area (Å²) in [6.07, 6.45) is 55.6. The lowest BCUT2D eigenvalue weighted by Crippen LogP contribution is -2.30. The number of carbonyl (C=O) groups is 3. The van der Waals surface area contributed by atoms with Crippen LogP contribution in [0.25, 0.3) is 0 Å². The molecule has 0 saturated carbocycles. The Balaban J connectivity index is 4.48. The van der Waals surface area contributed by atoms with Crippen molar-refractivity contribution >= 4 is 17.9 Å². The first-order valence-electron chi connectivity index (χ1n) is 21.7. The minimum absolute atomic E-state index is 0.115. The van der Waals surface area contributed by atoms with Crippen molar-refractivity contribution in [3.05, 3.63) is 97.2 Å². The van der Waals surface area contributed by atoms with E-state index >= 15 is 0 Å². The van der Waals surface area contributed by atoms with E-state index in [2.05, 4.69) is 106 Å². The summed E-state index contributed by atoms with van der Waals surface area (Å²) < 4.78 is 16.5. The second kappa shape index (κ2) is 43.1. The summed E-state index contributed by atoms with van der Waals surface area (Å²) in [7, 11) is 0. The molecular formula is C49H78O6. The molecule has 0 aromatic carbocycles. The third kappa shape index (κ3) is 41.3. The van der Waals surface area contributed by atoms with Gasteiger partial charge in [-0.05, 0) is 83.5 Å². The van der Waals surface area contributed by atoms with Crippen molar-refractivity contribution in [2.24, 2.45) is 0 Å². The summed E-state index contributed by atoms with van der Waals surface area (Å²) in [4.78, 5) is 37.5. The molecule has 0 aliphatic rings. The van der Waals surface area contributed by atoms with Crippen LogP contribution in [0.2, 0.25) is 0 Å². The van der Waals surface area contributed by atoms with Gasteiger partial charge in [0.15, 0.2) is 6.10 Å². The van der Waals surface area contributed by atoms with Gasteiger partial charge in [0.2, 0.25) is 0 Å². The Morgan fingerprint density at radius 2 is 0.745 bits per heavy atom. The minimum Gasteiger partial charge on any atom is -0.462 e. The van der Waals surface area contributed by atoms with Crippen LogP contribution in [0, 0.1) is 0 Å². The monoisotopic (exact) mass is 763 g/mol. The van der Waals surface area contributed by atoms with Gasteiger partial charge in [-0.2, -0.15) is 0 Å². The Morgan fingerprint density at radius 1 is 0.382 bits per heavy atom. The maximum absolute atomic E-state index is 12.6.